The van der Waals surface area contributed by atoms with Gasteiger partial charge in [0.15, 0.2) is 0 Å². The maximum atomic E-state index is 12.4. The van der Waals surface area contributed by atoms with E-state index >= 15 is 0 Å². The number of carbonyl (C=O) groups is 2. The van der Waals surface area contributed by atoms with Crippen molar-refractivity contribution in [2.75, 3.05) is 13.1 Å². The minimum absolute atomic E-state index is 0.0105. The van der Waals surface area contributed by atoms with E-state index in [0.717, 1.165) is 32.4 Å². The molecule has 2 fully saturated rings. The first kappa shape index (κ1) is 16.0. The van der Waals surface area contributed by atoms with E-state index < -0.39 is 0 Å². The summed E-state index contributed by atoms with van der Waals surface area (Å²) in [6, 6.07) is 8.51. The average molecular weight is 314 g/mol. The Morgan fingerprint density at radius 3 is 2.48 bits per heavy atom. The molecule has 23 heavy (non-hydrogen) atoms. The summed E-state index contributed by atoms with van der Waals surface area (Å²) in [5.74, 6) is 0.836. The van der Waals surface area contributed by atoms with Crippen molar-refractivity contribution in [3.05, 3.63) is 35.4 Å². The Balaban J connectivity index is 1.42. The summed E-state index contributed by atoms with van der Waals surface area (Å²) in [5.41, 5.74) is 2.71. The summed E-state index contributed by atoms with van der Waals surface area (Å²) in [6.07, 6.45) is 5.63. The molecule has 2 amide bonds. The van der Waals surface area contributed by atoms with Crippen LogP contribution in [0, 0.1) is 12.8 Å². The molecule has 4 heteroatoms. The van der Waals surface area contributed by atoms with Gasteiger partial charge in [0.05, 0.1) is 0 Å². The summed E-state index contributed by atoms with van der Waals surface area (Å²) in [7, 11) is 0. The summed E-state index contributed by atoms with van der Waals surface area (Å²) < 4.78 is 0. The molecule has 1 N–H and O–H groups in total. The Kier molecular flexibility index (Phi) is 4.99. The van der Waals surface area contributed by atoms with Gasteiger partial charge in [0.2, 0.25) is 11.8 Å². The Morgan fingerprint density at radius 2 is 1.87 bits per heavy atom. The summed E-state index contributed by atoms with van der Waals surface area (Å²) in [6.45, 7) is 3.79. The summed E-state index contributed by atoms with van der Waals surface area (Å²) in [4.78, 5) is 25.6. The molecular weight excluding hydrogens is 288 g/mol. The van der Waals surface area contributed by atoms with E-state index in [9.17, 15) is 9.59 Å². The van der Waals surface area contributed by atoms with Gasteiger partial charge in [-0.3, -0.25) is 9.59 Å². The predicted molar refractivity (Wildman–Crippen MR) is 90.0 cm³/mol. The molecule has 4 nitrogen and oxygen atoms in total. The molecule has 0 spiro atoms. The zero-order valence-corrected chi connectivity index (χ0v) is 13.9. The van der Waals surface area contributed by atoms with Crippen LogP contribution < -0.4 is 5.32 Å². The van der Waals surface area contributed by atoms with Gasteiger partial charge in [-0.1, -0.05) is 29.8 Å². The van der Waals surface area contributed by atoms with E-state index in [1.165, 1.54) is 17.5 Å². The van der Waals surface area contributed by atoms with E-state index in [4.69, 9.17) is 0 Å². The quantitative estimate of drug-likeness (QED) is 0.928. The molecule has 0 aliphatic carbocycles. The van der Waals surface area contributed by atoms with Crippen molar-refractivity contribution >= 4 is 11.8 Å². The maximum absolute atomic E-state index is 12.4. The molecule has 1 aromatic rings. The lowest BCUT2D eigenvalue weighted by Crippen LogP contribution is -2.47. The summed E-state index contributed by atoms with van der Waals surface area (Å²) >= 11 is 0. The monoisotopic (exact) mass is 314 g/mol. The first-order valence-corrected chi connectivity index (χ1v) is 8.75. The van der Waals surface area contributed by atoms with Crippen molar-refractivity contribution in [2.24, 2.45) is 5.92 Å². The number of piperidine rings is 1. The normalized spacial score (nSPS) is 22.2. The molecule has 0 saturated carbocycles. The maximum Gasteiger partial charge on any atom is 0.245 e. The number of amides is 2. The highest BCUT2D eigenvalue weighted by molar-refractivity contribution is 5.90. The number of rotatable bonds is 4. The van der Waals surface area contributed by atoms with Crippen molar-refractivity contribution in [1.29, 1.82) is 0 Å². The number of aryl methyl sites for hydroxylation is 2. The van der Waals surface area contributed by atoms with Crippen molar-refractivity contribution < 1.29 is 9.59 Å². The third-order valence-electron chi connectivity index (χ3n) is 5.18. The van der Waals surface area contributed by atoms with E-state index in [-0.39, 0.29) is 17.9 Å². The second-order valence-electron chi connectivity index (χ2n) is 6.95. The molecule has 2 heterocycles. The largest absolute Gasteiger partial charge is 0.344 e. The van der Waals surface area contributed by atoms with Crippen LogP contribution in [0.1, 0.15) is 43.2 Å². The Bertz CT molecular complexity index is 559. The lowest BCUT2D eigenvalue weighted by Gasteiger charge is -2.33. The smallest absolute Gasteiger partial charge is 0.245 e. The molecule has 3 rings (SSSR count). The Hall–Kier alpha value is -1.84. The topological polar surface area (TPSA) is 49.4 Å². The van der Waals surface area contributed by atoms with Crippen molar-refractivity contribution in [3.63, 3.8) is 0 Å². The second kappa shape index (κ2) is 7.16. The van der Waals surface area contributed by atoms with Crippen molar-refractivity contribution in [3.8, 4) is 0 Å². The first-order valence-electron chi connectivity index (χ1n) is 8.75. The third kappa shape index (κ3) is 4.12. The van der Waals surface area contributed by atoms with Crippen LogP contribution in [0.15, 0.2) is 24.3 Å². The number of likely N-dealkylation sites (tertiary alicyclic amines) is 1. The van der Waals surface area contributed by atoms with Crippen LogP contribution in [-0.2, 0) is 16.0 Å². The van der Waals surface area contributed by atoms with Crippen LogP contribution in [0.4, 0.5) is 0 Å². The Labute approximate surface area is 138 Å². The van der Waals surface area contributed by atoms with Gasteiger partial charge in [-0.15, -0.1) is 0 Å². The molecule has 2 aliphatic heterocycles. The minimum atomic E-state index is -0.272. The van der Waals surface area contributed by atoms with Gasteiger partial charge in [-0.2, -0.15) is 0 Å². The van der Waals surface area contributed by atoms with E-state index in [1.807, 2.05) is 4.90 Å². The van der Waals surface area contributed by atoms with Crippen LogP contribution in [0.3, 0.4) is 0 Å². The first-order chi connectivity index (χ1) is 11.1. The minimum Gasteiger partial charge on any atom is -0.344 e. The number of carbonyl (C=O) groups excluding carboxylic acids is 2. The molecule has 124 valence electrons. The number of benzene rings is 1. The van der Waals surface area contributed by atoms with Gasteiger partial charge in [-0.25, -0.2) is 0 Å². The van der Waals surface area contributed by atoms with E-state index in [1.54, 1.807) is 0 Å². The zero-order valence-electron chi connectivity index (χ0n) is 13.9. The molecule has 0 aromatic heterocycles. The van der Waals surface area contributed by atoms with Crippen molar-refractivity contribution in [2.45, 2.75) is 51.5 Å². The highest BCUT2D eigenvalue weighted by Crippen LogP contribution is 2.24. The molecule has 2 aliphatic rings. The predicted octanol–water partition coefficient (Wildman–Crippen LogP) is 2.44. The fraction of sp³-hybridized carbons (Fsp3) is 0.579. The van der Waals surface area contributed by atoms with Crippen molar-refractivity contribution in [1.82, 2.24) is 10.2 Å². The van der Waals surface area contributed by atoms with Gasteiger partial charge < -0.3 is 10.2 Å². The Morgan fingerprint density at radius 1 is 1.17 bits per heavy atom. The standard InChI is InChI=1S/C19H26N2O2/c1-14-2-4-15(5-3-14)6-7-16-10-12-21(13-11-16)19(23)17-8-9-18(22)20-17/h2-5,16-17H,6-13H2,1H3,(H,20,22)/t17-/m1/s1. The van der Waals surface area contributed by atoms with Gasteiger partial charge in [0.25, 0.3) is 0 Å². The molecule has 0 bridgehead atoms. The van der Waals surface area contributed by atoms with Gasteiger partial charge >= 0.3 is 0 Å². The zero-order chi connectivity index (χ0) is 16.2. The fourth-order valence-corrected chi connectivity index (χ4v) is 3.59. The van der Waals surface area contributed by atoms with Gasteiger partial charge in [0, 0.05) is 19.5 Å². The molecule has 1 atom stereocenters. The summed E-state index contributed by atoms with van der Waals surface area (Å²) in [5, 5.41) is 2.78. The van der Waals surface area contributed by atoms with Crippen LogP contribution in [0.5, 0.6) is 0 Å². The molecule has 1 aromatic carbocycles. The SMILES string of the molecule is Cc1ccc(CCC2CCN(C(=O)[C@H]3CCC(=O)N3)CC2)cc1. The van der Waals surface area contributed by atoms with Gasteiger partial charge in [0.1, 0.15) is 6.04 Å². The fourth-order valence-electron chi connectivity index (χ4n) is 3.59. The lowest BCUT2D eigenvalue weighted by atomic mass is 9.90. The molecule has 0 unspecified atom stereocenters. The lowest BCUT2D eigenvalue weighted by molar-refractivity contribution is -0.135. The average Bonchev–Trinajstić information content (AvgIpc) is 3.01. The number of nitrogens with one attached hydrogen (secondary N) is 1. The molecular formula is C19H26N2O2. The second-order valence-corrected chi connectivity index (χ2v) is 6.95. The number of hydrogen-bond donors (Lipinski definition) is 1. The van der Waals surface area contributed by atoms with Crippen LogP contribution in [0.25, 0.3) is 0 Å². The third-order valence-corrected chi connectivity index (χ3v) is 5.18. The highest BCUT2D eigenvalue weighted by atomic mass is 16.2. The van der Waals surface area contributed by atoms with Gasteiger partial charge in [-0.05, 0) is 50.5 Å². The van der Waals surface area contributed by atoms with Crippen LogP contribution in [-0.4, -0.2) is 35.8 Å². The molecule has 0 radical (unpaired) electrons. The number of hydrogen-bond acceptors (Lipinski definition) is 2. The highest BCUT2D eigenvalue weighted by Gasteiger charge is 2.32. The molecule has 2 saturated heterocycles. The van der Waals surface area contributed by atoms with Crippen LogP contribution >= 0.6 is 0 Å². The van der Waals surface area contributed by atoms with Crippen LogP contribution in [0.2, 0.25) is 0 Å². The van der Waals surface area contributed by atoms with E-state index in [2.05, 4.69) is 36.5 Å². The number of nitrogens with zero attached hydrogens (tertiary/aromatic N) is 1. The van der Waals surface area contributed by atoms with E-state index in [0.29, 0.717) is 18.8 Å².